The SMILES string of the molecule is CCCC(C)Cc1cnn(CC(O)C(C)C)c1. The first-order chi connectivity index (χ1) is 8.02. The Morgan fingerprint density at radius 3 is 2.65 bits per heavy atom. The molecule has 0 aliphatic heterocycles. The zero-order chi connectivity index (χ0) is 12.8. The summed E-state index contributed by atoms with van der Waals surface area (Å²) >= 11 is 0. The number of aliphatic hydroxyl groups excluding tert-OH is 1. The Labute approximate surface area is 105 Å². The Hall–Kier alpha value is -0.830. The molecule has 0 aliphatic rings. The molecule has 0 spiro atoms. The molecule has 0 bridgehead atoms. The quantitative estimate of drug-likeness (QED) is 0.793. The molecule has 1 aromatic rings. The van der Waals surface area contributed by atoms with E-state index >= 15 is 0 Å². The van der Waals surface area contributed by atoms with E-state index in [4.69, 9.17) is 0 Å². The maximum atomic E-state index is 9.79. The second-order valence-corrected chi connectivity index (χ2v) is 5.48. The van der Waals surface area contributed by atoms with Crippen molar-refractivity contribution >= 4 is 0 Å². The lowest BCUT2D eigenvalue weighted by Crippen LogP contribution is -2.21. The molecule has 1 aromatic heterocycles. The molecule has 1 rings (SSSR count). The fourth-order valence-corrected chi connectivity index (χ4v) is 2.01. The van der Waals surface area contributed by atoms with Gasteiger partial charge in [0, 0.05) is 6.20 Å². The number of hydrogen-bond acceptors (Lipinski definition) is 2. The van der Waals surface area contributed by atoms with E-state index in [1.165, 1.54) is 18.4 Å². The minimum absolute atomic E-state index is 0.279. The molecule has 0 saturated carbocycles. The zero-order valence-electron chi connectivity index (χ0n) is 11.6. The molecular formula is C14H26N2O. The van der Waals surface area contributed by atoms with Crippen molar-refractivity contribution in [2.24, 2.45) is 11.8 Å². The average molecular weight is 238 g/mol. The number of rotatable bonds is 7. The molecular weight excluding hydrogens is 212 g/mol. The predicted octanol–water partition coefficient (Wildman–Crippen LogP) is 2.88. The van der Waals surface area contributed by atoms with Gasteiger partial charge in [0.2, 0.25) is 0 Å². The van der Waals surface area contributed by atoms with Crippen molar-refractivity contribution in [3.05, 3.63) is 18.0 Å². The number of hydrogen-bond donors (Lipinski definition) is 1. The molecule has 17 heavy (non-hydrogen) atoms. The third-order valence-corrected chi connectivity index (χ3v) is 3.20. The summed E-state index contributed by atoms with van der Waals surface area (Å²) in [6.45, 7) is 9.15. The second-order valence-electron chi connectivity index (χ2n) is 5.48. The Morgan fingerprint density at radius 2 is 2.06 bits per heavy atom. The molecule has 2 unspecified atom stereocenters. The fourth-order valence-electron chi connectivity index (χ4n) is 2.01. The van der Waals surface area contributed by atoms with Gasteiger partial charge in [-0.2, -0.15) is 5.10 Å². The van der Waals surface area contributed by atoms with Crippen molar-refractivity contribution in [2.45, 2.75) is 59.6 Å². The van der Waals surface area contributed by atoms with Crippen molar-refractivity contribution in [1.82, 2.24) is 9.78 Å². The van der Waals surface area contributed by atoms with Gasteiger partial charge in [0.15, 0.2) is 0 Å². The largest absolute Gasteiger partial charge is 0.391 e. The lowest BCUT2D eigenvalue weighted by atomic mass is 9.99. The predicted molar refractivity (Wildman–Crippen MR) is 70.8 cm³/mol. The van der Waals surface area contributed by atoms with Crippen molar-refractivity contribution in [1.29, 1.82) is 0 Å². The van der Waals surface area contributed by atoms with Gasteiger partial charge in [-0.25, -0.2) is 0 Å². The van der Waals surface area contributed by atoms with E-state index in [9.17, 15) is 5.11 Å². The van der Waals surface area contributed by atoms with Crippen LogP contribution in [0.25, 0.3) is 0 Å². The van der Waals surface area contributed by atoms with Gasteiger partial charge in [-0.05, 0) is 23.8 Å². The average Bonchev–Trinajstić information content (AvgIpc) is 2.65. The fraction of sp³-hybridized carbons (Fsp3) is 0.786. The van der Waals surface area contributed by atoms with Crippen molar-refractivity contribution < 1.29 is 5.11 Å². The van der Waals surface area contributed by atoms with Gasteiger partial charge in [-0.1, -0.05) is 40.5 Å². The van der Waals surface area contributed by atoms with E-state index in [0.29, 0.717) is 12.5 Å². The van der Waals surface area contributed by atoms with E-state index in [2.05, 4.69) is 25.1 Å². The summed E-state index contributed by atoms with van der Waals surface area (Å²) < 4.78 is 1.86. The van der Waals surface area contributed by atoms with Gasteiger partial charge < -0.3 is 5.11 Å². The molecule has 0 aromatic carbocycles. The molecule has 98 valence electrons. The molecule has 1 heterocycles. The summed E-state index contributed by atoms with van der Waals surface area (Å²) in [6, 6.07) is 0. The highest BCUT2D eigenvalue weighted by Gasteiger charge is 2.11. The van der Waals surface area contributed by atoms with Gasteiger partial charge >= 0.3 is 0 Å². The van der Waals surface area contributed by atoms with E-state index in [1.807, 2.05) is 24.7 Å². The third-order valence-electron chi connectivity index (χ3n) is 3.20. The summed E-state index contributed by atoms with van der Waals surface area (Å²) in [5, 5.41) is 14.1. The monoisotopic (exact) mass is 238 g/mol. The van der Waals surface area contributed by atoms with Crippen LogP contribution >= 0.6 is 0 Å². The van der Waals surface area contributed by atoms with Crippen LogP contribution in [0.5, 0.6) is 0 Å². The van der Waals surface area contributed by atoms with Crippen molar-refractivity contribution in [2.75, 3.05) is 0 Å². The van der Waals surface area contributed by atoms with Gasteiger partial charge in [0.05, 0.1) is 18.8 Å². The lowest BCUT2D eigenvalue weighted by Gasteiger charge is -2.13. The summed E-state index contributed by atoms with van der Waals surface area (Å²) in [7, 11) is 0. The van der Waals surface area contributed by atoms with Crippen molar-refractivity contribution in [3.63, 3.8) is 0 Å². The molecule has 0 radical (unpaired) electrons. The van der Waals surface area contributed by atoms with Crippen LogP contribution in [0.15, 0.2) is 12.4 Å². The molecule has 1 N–H and O–H groups in total. The highest BCUT2D eigenvalue weighted by atomic mass is 16.3. The smallest absolute Gasteiger partial charge is 0.0758 e. The van der Waals surface area contributed by atoms with Crippen LogP contribution in [0.3, 0.4) is 0 Å². The van der Waals surface area contributed by atoms with E-state index in [0.717, 1.165) is 6.42 Å². The van der Waals surface area contributed by atoms with Crippen LogP contribution in [0, 0.1) is 11.8 Å². The van der Waals surface area contributed by atoms with Gasteiger partial charge in [0.25, 0.3) is 0 Å². The van der Waals surface area contributed by atoms with Gasteiger partial charge in [0.1, 0.15) is 0 Å². The highest BCUT2D eigenvalue weighted by Crippen LogP contribution is 2.13. The zero-order valence-corrected chi connectivity index (χ0v) is 11.6. The van der Waals surface area contributed by atoms with E-state index < -0.39 is 0 Å². The Bertz CT molecular complexity index is 320. The van der Waals surface area contributed by atoms with Crippen LogP contribution < -0.4 is 0 Å². The maximum Gasteiger partial charge on any atom is 0.0758 e. The summed E-state index contributed by atoms with van der Waals surface area (Å²) in [4.78, 5) is 0. The molecule has 3 heteroatoms. The number of aliphatic hydroxyl groups is 1. The molecule has 0 fully saturated rings. The van der Waals surface area contributed by atoms with Crippen LogP contribution in [-0.2, 0) is 13.0 Å². The first-order valence-corrected chi connectivity index (χ1v) is 6.72. The van der Waals surface area contributed by atoms with Crippen LogP contribution in [0.1, 0.15) is 46.1 Å². The standard InChI is InChI=1S/C14H26N2O/c1-5-6-12(4)7-13-8-15-16(9-13)10-14(17)11(2)3/h8-9,11-12,14,17H,5-7,10H2,1-4H3. The third kappa shape index (κ3) is 4.90. The first-order valence-electron chi connectivity index (χ1n) is 6.72. The topological polar surface area (TPSA) is 38.0 Å². The van der Waals surface area contributed by atoms with E-state index in [-0.39, 0.29) is 12.0 Å². The highest BCUT2D eigenvalue weighted by molar-refractivity contribution is 5.04. The van der Waals surface area contributed by atoms with Gasteiger partial charge in [-0.3, -0.25) is 4.68 Å². The lowest BCUT2D eigenvalue weighted by molar-refractivity contribution is 0.103. The minimum atomic E-state index is -0.309. The summed E-state index contributed by atoms with van der Waals surface area (Å²) in [5.41, 5.74) is 1.28. The first kappa shape index (κ1) is 14.2. The molecule has 0 saturated heterocycles. The number of aromatic nitrogens is 2. The van der Waals surface area contributed by atoms with Crippen LogP contribution in [0.2, 0.25) is 0 Å². The van der Waals surface area contributed by atoms with E-state index in [1.54, 1.807) is 0 Å². The van der Waals surface area contributed by atoms with Crippen molar-refractivity contribution in [3.8, 4) is 0 Å². The Morgan fingerprint density at radius 1 is 1.35 bits per heavy atom. The summed E-state index contributed by atoms with van der Waals surface area (Å²) in [5.74, 6) is 0.995. The normalized spacial score (nSPS) is 15.2. The Kier molecular flexibility index (Phi) is 5.69. The Balaban J connectivity index is 2.47. The van der Waals surface area contributed by atoms with Crippen LogP contribution in [0.4, 0.5) is 0 Å². The molecule has 2 atom stereocenters. The summed E-state index contributed by atoms with van der Waals surface area (Å²) in [6.07, 6.45) is 7.28. The second kappa shape index (κ2) is 6.80. The maximum absolute atomic E-state index is 9.79. The molecule has 0 aliphatic carbocycles. The van der Waals surface area contributed by atoms with Crippen LogP contribution in [-0.4, -0.2) is 21.0 Å². The van der Waals surface area contributed by atoms with Gasteiger partial charge in [-0.15, -0.1) is 0 Å². The minimum Gasteiger partial charge on any atom is -0.391 e. The molecule has 0 amide bonds. The molecule has 3 nitrogen and oxygen atoms in total. The number of nitrogens with zero attached hydrogens (tertiary/aromatic N) is 2.